The van der Waals surface area contributed by atoms with Gasteiger partial charge in [-0.3, -0.25) is 28.3 Å². The zero-order valence-corrected chi connectivity index (χ0v) is 36.4. The van der Waals surface area contributed by atoms with E-state index in [1.807, 2.05) is 50.2 Å². The van der Waals surface area contributed by atoms with E-state index in [1.165, 1.54) is 32.2 Å². The summed E-state index contributed by atoms with van der Waals surface area (Å²) < 4.78 is 26.2. The molecule has 0 radical (unpaired) electrons. The van der Waals surface area contributed by atoms with Gasteiger partial charge in [0.2, 0.25) is 27.7 Å². The van der Waals surface area contributed by atoms with Crippen LogP contribution < -0.4 is 36.2 Å². The SMILES string of the molecule is CC(=O)Nc1ccc(CNC(=O)[C@@H](NC(=O)[C@H](C)NC[C@H](Cc2ccccc2)NC(=O)c2cc(C(=O)N[C@H](C)c3cccc(Cl)c3)cc(N(C)S(C)(=O)=O)c2)C(C)C)cc1. The molecule has 0 heterocycles. The highest BCUT2D eigenvalue weighted by Crippen LogP contribution is 2.23. The molecule has 4 aromatic rings. The number of benzene rings is 4. The second kappa shape index (κ2) is 21.5. The molecule has 4 rings (SSSR count). The lowest BCUT2D eigenvalue weighted by Gasteiger charge is -2.26. The second-order valence-electron chi connectivity index (χ2n) is 15.1. The van der Waals surface area contributed by atoms with E-state index in [4.69, 9.17) is 11.6 Å². The predicted octanol–water partition coefficient (Wildman–Crippen LogP) is 4.96. The summed E-state index contributed by atoms with van der Waals surface area (Å²) in [6.45, 7) is 8.86. The largest absolute Gasteiger partial charge is 0.350 e. The Hall–Kier alpha value is -5.77. The molecule has 0 fully saturated rings. The maximum Gasteiger partial charge on any atom is 0.251 e. The average Bonchev–Trinajstić information content (AvgIpc) is 3.20. The maximum absolute atomic E-state index is 14.0. The molecule has 4 atom stereocenters. The normalized spacial score (nSPS) is 13.3. The highest BCUT2D eigenvalue weighted by molar-refractivity contribution is 7.92. The first kappa shape index (κ1) is 46.9. The van der Waals surface area contributed by atoms with Crippen LogP contribution >= 0.6 is 11.6 Å². The number of anilines is 2. The lowest BCUT2D eigenvalue weighted by atomic mass is 10.0. The molecule has 0 spiro atoms. The first-order valence-corrected chi connectivity index (χ1v) is 21.7. The molecule has 0 aliphatic carbocycles. The van der Waals surface area contributed by atoms with Gasteiger partial charge in [0, 0.05) is 54.9 Å². The van der Waals surface area contributed by atoms with E-state index in [1.54, 1.807) is 56.3 Å². The quantitative estimate of drug-likeness (QED) is 0.0762. The number of rotatable bonds is 19. The molecule has 14 nitrogen and oxygen atoms in total. The van der Waals surface area contributed by atoms with Crippen LogP contribution in [0.25, 0.3) is 0 Å². The zero-order chi connectivity index (χ0) is 44.1. The summed E-state index contributed by atoms with van der Waals surface area (Å²) in [7, 11) is -2.44. The Balaban J connectivity index is 1.48. The van der Waals surface area contributed by atoms with E-state index in [0.717, 1.165) is 27.3 Å². The Labute approximate surface area is 357 Å². The molecule has 0 aliphatic heterocycles. The lowest BCUT2D eigenvalue weighted by molar-refractivity contribution is -0.131. The van der Waals surface area contributed by atoms with Gasteiger partial charge in [0.15, 0.2) is 0 Å². The topological polar surface area (TPSA) is 195 Å². The van der Waals surface area contributed by atoms with Gasteiger partial charge in [0.25, 0.3) is 11.8 Å². The van der Waals surface area contributed by atoms with Crippen LogP contribution in [0.4, 0.5) is 11.4 Å². The minimum Gasteiger partial charge on any atom is -0.350 e. The molecule has 0 aliphatic rings. The fourth-order valence-electron chi connectivity index (χ4n) is 6.16. The Morgan fingerprint density at radius 1 is 0.733 bits per heavy atom. The Morgan fingerprint density at radius 2 is 1.37 bits per heavy atom. The molecular weight excluding hydrogens is 806 g/mol. The van der Waals surface area contributed by atoms with Crippen LogP contribution in [0.3, 0.4) is 0 Å². The second-order valence-corrected chi connectivity index (χ2v) is 17.5. The van der Waals surface area contributed by atoms with Crippen molar-refractivity contribution in [2.24, 2.45) is 5.92 Å². The van der Waals surface area contributed by atoms with Crippen LogP contribution in [0.1, 0.15) is 78.1 Å². The van der Waals surface area contributed by atoms with E-state index < -0.39 is 51.9 Å². The number of nitrogens with one attached hydrogen (secondary N) is 6. The summed E-state index contributed by atoms with van der Waals surface area (Å²) in [6.07, 6.45) is 1.39. The van der Waals surface area contributed by atoms with Crippen molar-refractivity contribution in [3.63, 3.8) is 0 Å². The highest BCUT2D eigenvalue weighted by atomic mass is 35.5. The minimum atomic E-state index is -3.77. The van der Waals surface area contributed by atoms with Crippen molar-refractivity contribution in [1.82, 2.24) is 26.6 Å². The molecule has 0 unspecified atom stereocenters. The fourth-order valence-corrected chi connectivity index (χ4v) is 6.85. The van der Waals surface area contributed by atoms with Crippen molar-refractivity contribution in [3.8, 4) is 0 Å². The van der Waals surface area contributed by atoms with Crippen LogP contribution in [0.5, 0.6) is 0 Å². The smallest absolute Gasteiger partial charge is 0.251 e. The standard InChI is InChI=1S/C44H54ClN7O7S/c1-27(2)40(44(57)47-25-32-16-18-37(19-17-32)49-30(5)53)51-41(54)29(4)46-26-38(20-31-12-9-8-10-13-31)50-43(56)35-21-34(23-39(24-35)52(6)60(7,58)59)42(55)48-28(3)33-14-11-15-36(45)22-33/h8-19,21-24,27-29,38,40,46H,20,25-26H2,1-7H3,(H,47,57)(H,48,55)(H,49,53)(H,50,56)(H,51,54)/t28-,29+,38+,40+/m1/s1. The molecule has 0 saturated heterocycles. The summed E-state index contributed by atoms with van der Waals surface area (Å²) in [5, 5.41) is 18.0. The van der Waals surface area contributed by atoms with Gasteiger partial charge in [0.05, 0.1) is 24.0 Å². The van der Waals surface area contributed by atoms with Crippen LogP contribution in [0.2, 0.25) is 5.02 Å². The van der Waals surface area contributed by atoms with Gasteiger partial charge in [-0.2, -0.15) is 0 Å². The summed E-state index contributed by atoms with van der Waals surface area (Å²) >= 11 is 6.16. The van der Waals surface area contributed by atoms with Crippen LogP contribution in [0.15, 0.2) is 97.1 Å². The summed E-state index contributed by atoms with van der Waals surface area (Å²) in [5.74, 6) is -2.32. The van der Waals surface area contributed by atoms with Crippen molar-refractivity contribution < 1.29 is 32.4 Å². The van der Waals surface area contributed by atoms with Gasteiger partial charge in [-0.05, 0) is 85.3 Å². The summed E-state index contributed by atoms with van der Waals surface area (Å²) in [6, 6.07) is 25.0. The van der Waals surface area contributed by atoms with E-state index in [2.05, 4.69) is 31.9 Å². The Bertz CT molecular complexity index is 2260. The Kier molecular flexibility index (Phi) is 16.8. The monoisotopic (exact) mass is 859 g/mol. The first-order chi connectivity index (χ1) is 28.3. The molecule has 320 valence electrons. The van der Waals surface area contributed by atoms with Gasteiger partial charge >= 0.3 is 0 Å². The molecule has 5 amide bonds. The van der Waals surface area contributed by atoms with Crippen LogP contribution in [-0.4, -0.2) is 75.9 Å². The van der Waals surface area contributed by atoms with Gasteiger partial charge in [-0.25, -0.2) is 8.42 Å². The van der Waals surface area contributed by atoms with Gasteiger partial charge < -0.3 is 31.9 Å². The van der Waals surface area contributed by atoms with Crippen molar-refractivity contribution in [3.05, 3.63) is 130 Å². The van der Waals surface area contributed by atoms with Gasteiger partial charge in [0.1, 0.15) is 6.04 Å². The molecule has 0 saturated carbocycles. The highest BCUT2D eigenvalue weighted by Gasteiger charge is 2.27. The zero-order valence-electron chi connectivity index (χ0n) is 34.8. The van der Waals surface area contributed by atoms with Crippen molar-refractivity contribution in [1.29, 1.82) is 0 Å². The molecular formula is C44H54ClN7O7S. The number of sulfonamides is 1. The lowest BCUT2D eigenvalue weighted by Crippen LogP contribution is -2.55. The van der Waals surface area contributed by atoms with E-state index >= 15 is 0 Å². The van der Waals surface area contributed by atoms with Crippen molar-refractivity contribution in [2.45, 2.75) is 71.8 Å². The molecule has 6 N–H and O–H groups in total. The van der Waals surface area contributed by atoms with Crippen LogP contribution in [0, 0.1) is 5.92 Å². The third-order valence-electron chi connectivity index (χ3n) is 9.71. The first-order valence-electron chi connectivity index (χ1n) is 19.5. The molecule has 16 heteroatoms. The number of hydrogen-bond acceptors (Lipinski definition) is 8. The van der Waals surface area contributed by atoms with Gasteiger partial charge in [-0.1, -0.05) is 80.0 Å². The third kappa shape index (κ3) is 14.2. The third-order valence-corrected chi connectivity index (χ3v) is 11.2. The molecule has 4 aromatic carbocycles. The van der Waals surface area contributed by atoms with E-state index in [-0.39, 0.29) is 47.6 Å². The number of hydrogen-bond donors (Lipinski definition) is 6. The number of nitrogens with zero attached hydrogens (tertiary/aromatic N) is 1. The number of amides is 5. The summed E-state index contributed by atoms with van der Waals surface area (Å²) in [4.78, 5) is 65.7. The average molecular weight is 860 g/mol. The van der Waals surface area contributed by atoms with Crippen LogP contribution in [-0.2, 0) is 37.4 Å². The van der Waals surface area contributed by atoms with Crippen molar-refractivity contribution >= 4 is 62.5 Å². The molecule has 0 bridgehead atoms. The molecule has 0 aromatic heterocycles. The number of carbonyl (C=O) groups excluding carboxylic acids is 5. The van der Waals surface area contributed by atoms with E-state index in [9.17, 15) is 32.4 Å². The maximum atomic E-state index is 14.0. The number of halogens is 1. The van der Waals surface area contributed by atoms with Gasteiger partial charge in [-0.15, -0.1) is 0 Å². The molecule has 60 heavy (non-hydrogen) atoms. The predicted molar refractivity (Wildman–Crippen MR) is 235 cm³/mol. The Morgan fingerprint density at radius 3 is 1.95 bits per heavy atom. The number of carbonyl (C=O) groups is 5. The van der Waals surface area contributed by atoms with E-state index in [0.29, 0.717) is 17.1 Å². The summed E-state index contributed by atoms with van der Waals surface area (Å²) in [5.41, 5.74) is 3.32. The fraction of sp³-hybridized carbons (Fsp3) is 0.341. The van der Waals surface area contributed by atoms with Crippen molar-refractivity contribution in [2.75, 3.05) is 29.5 Å². The minimum absolute atomic E-state index is 0.0434.